The first kappa shape index (κ1) is 19.2. The van der Waals surface area contributed by atoms with Crippen molar-refractivity contribution in [2.75, 3.05) is 31.1 Å². The van der Waals surface area contributed by atoms with E-state index in [0.29, 0.717) is 26.4 Å². The minimum Gasteiger partial charge on any atom is -0.302 e. The largest absolute Gasteiger partial charge is 0.302 e. The molecular formula is C18H19ClFN3OS2. The van der Waals surface area contributed by atoms with E-state index in [1.165, 1.54) is 34.8 Å². The van der Waals surface area contributed by atoms with Crippen molar-refractivity contribution < 1.29 is 9.18 Å². The fourth-order valence-corrected chi connectivity index (χ4v) is 4.64. The molecule has 0 atom stereocenters. The Kier molecular flexibility index (Phi) is 6.24. The lowest BCUT2D eigenvalue weighted by Crippen LogP contribution is -2.38. The number of aromatic nitrogens is 1. The normalized spacial score (nSPS) is 11.4. The van der Waals surface area contributed by atoms with Gasteiger partial charge in [0.1, 0.15) is 5.82 Å². The maximum absolute atomic E-state index is 13.5. The second-order valence-corrected chi connectivity index (χ2v) is 8.42. The summed E-state index contributed by atoms with van der Waals surface area (Å²) in [7, 11) is 0. The van der Waals surface area contributed by atoms with Gasteiger partial charge in [-0.25, -0.2) is 9.37 Å². The second kappa shape index (κ2) is 8.43. The van der Waals surface area contributed by atoms with Crippen LogP contribution >= 0.6 is 34.3 Å². The zero-order chi connectivity index (χ0) is 18.7. The lowest BCUT2D eigenvalue weighted by Gasteiger charge is -2.24. The average Bonchev–Trinajstić information content (AvgIpc) is 3.24. The van der Waals surface area contributed by atoms with Crippen molar-refractivity contribution in [1.29, 1.82) is 0 Å². The molecule has 138 valence electrons. The highest BCUT2D eigenvalue weighted by molar-refractivity contribution is 7.22. The molecular weight excluding hydrogens is 393 g/mol. The van der Waals surface area contributed by atoms with Crippen LogP contribution in [0, 0.1) is 5.82 Å². The van der Waals surface area contributed by atoms with E-state index in [9.17, 15) is 9.18 Å². The average molecular weight is 412 g/mol. The Balaban J connectivity index is 1.93. The van der Waals surface area contributed by atoms with Gasteiger partial charge in [-0.2, -0.15) is 0 Å². The Hall–Kier alpha value is -1.54. The highest BCUT2D eigenvalue weighted by Gasteiger charge is 2.23. The fourth-order valence-electron chi connectivity index (χ4n) is 2.63. The van der Waals surface area contributed by atoms with Crippen LogP contribution in [0.25, 0.3) is 10.2 Å². The number of fused-ring (bicyclic) bond motifs is 1. The number of amides is 1. The molecule has 0 saturated heterocycles. The third-order valence-electron chi connectivity index (χ3n) is 4.13. The van der Waals surface area contributed by atoms with Crippen LogP contribution in [0.2, 0.25) is 4.34 Å². The van der Waals surface area contributed by atoms with Crippen molar-refractivity contribution in [3.63, 3.8) is 0 Å². The maximum atomic E-state index is 13.5. The van der Waals surface area contributed by atoms with Crippen molar-refractivity contribution in [1.82, 2.24) is 9.88 Å². The van der Waals surface area contributed by atoms with Crippen LogP contribution in [0.1, 0.15) is 23.5 Å². The van der Waals surface area contributed by atoms with Gasteiger partial charge in [-0.15, -0.1) is 11.3 Å². The Labute approximate surface area is 164 Å². The van der Waals surface area contributed by atoms with Crippen molar-refractivity contribution in [2.24, 2.45) is 0 Å². The van der Waals surface area contributed by atoms with E-state index in [1.807, 2.05) is 0 Å². The summed E-state index contributed by atoms with van der Waals surface area (Å²) in [6.45, 7) is 7.26. The van der Waals surface area contributed by atoms with E-state index in [-0.39, 0.29) is 11.7 Å². The standard InChI is InChI=1S/C18H19ClFN3OS2/c1-3-22(4-2)9-10-23(17(24)14-7-8-16(19)25-14)18-21-13-6-5-12(20)11-15(13)26-18/h5-8,11H,3-4,9-10H2,1-2H3. The van der Waals surface area contributed by atoms with Gasteiger partial charge in [-0.3, -0.25) is 9.69 Å². The number of carbonyl (C=O) groups excluding carboxylic acids is 1. The van der Waals surface area contributed by atoms with E-state index >= 15 is 0 Å². The lowest BCUT2D eigenvalue weighted by molar-refractivity contribution is 0.0987. The number of thiazole rings is 1. The zero-order valence-electron chi connectivity index (χ0n) is 14.5. The van der Waals surface area contributed by atoms with Gasteiger partial charge in [-0.05, 0) is 43.4 Å². The topological polar surface area (TPSA) is 36.4 Å². The maximum Gasteiger partial charge on any atom is 0.270 e. The summed E-state index contributed by atoms with van der Waals surface area (Å²) in [5.74, 6) is -0.438. The van der Waals surface area contributed by atoms with Crippen molar-refractivity contribution >= 4 is 55.5 Å². The van der Waals surface area contributed by atoms with E-state index < -0.39 is 0 Å². The predicted molar refractivity (Wildman–Crippen MR) is 108 cm³/mol. The fraction of sp³-hybridized carbons (Fsp3) is 0.333. The molecule has 0 fully saturated rings. The van der Waals surface area contributed by atoms with Crippen molar-refractivity contribution in [3.05, 3.63) is 45.4 Å². The first-order valence-corrected chi connectivity index (χ1v) is 10.4. The van der Waals surface area contributed by atoms with E-state index in [0.717, 1.165) is 24.3 Å². The Morgan fingerprint density at radius 2 is 1.92 bits per heavy atom. The molecule has 2 aromatic heterocycles. The molecule has 2 heterocycles. The highest BCUT2D eigenvalue weighted by Crippen LogP contribution is 2.31. The summed E-state index contributed by atoms with van der Waals surface area (Å²) in [6.07, 6.45) is 0. The molecule has 0 saturated carbocycles. The summed E-state index contributed by atoms with van der Waals surface area (Å²) in [6, 6.07) is 7.92. The van der Waals surface area contributed by atoms with Gasteiger partial charge in [0.15, 0.2) is 5.13 Å². The van der Waals surface area contributed by atoms with Crippen LogP contribution in [0.15, 0.2) is 30.3 Å². The smallest absolute Gasteiger partial charge is 0.270 e. The molecule has 0 aliphatic rings. The zero-order valence-corrected chi connectivity index (χ0v) is 16.9. The minimum atomic E-state index is -0.307. The first-order valence-electron chi connectivity index (χ1n) is 8.37. The lowest BCUT2D eigenvalue weighted by atomic mass is 10.3. The predicted octanol–water partition coefficient (Wildman–Crippen LogP) is 5.14. The Morgan fingerprint density at radius 3 is 2.58 bits per heavy atom. The van der Waals surface area contributed by atoms with Crippen molar-refractivity contribution in [2.45, 2.75) is 13.8 Å². The molecule has 0 aliphatic carbocycles. The third kappa shape index (κ3) is 4.23. The Bertz CT molecular complexity index is 907. The van der Waals surface area contributed by atoms with E-state index in [4.69, 9.17) is 11.6 Å². The van der Waals surface area contributed by atoms with Gasteiger partial charge in [0.05, 0.1) is 19.4 Å². The minimum absolute atomic E-state index is 0.131. The number of hydrogen-bond acceptors (Lipinski definition) is 5. The molecule has 0 unspecified atom stereocenters. The summed E-state index contributed by atoms with van der Waals surface area (Å²) in [4.78, 5) is 22.1. The number of benzene rings is 1. The van der Waals surface area contributed by atoms with Gasteiger partial charge in [0.2, 0.25) is 0 Å². The molecule has 0 bridgehead atoms. The monoisotopic (exact) mass is 411 g/mol. The first-order chi connectivity index (χ1) is 12.5. The molecule has 1 aromatic carbocycles. The molecule has 0 N–H and O–H groups in total. The molecule has 3 rings (SSSR count). The van der Waals surface area contributed by atoms with E-state index in [2.05, 4.69) is 23.7 Å². The van der Waals surface area contributed by atoms with Gasteiger partial charge in [-0.1, -0.05) is 36.8 Å². The summed E-state index contributed by atoms with van der Waals surface area (Å²) in [5, 5.41) is 0.576. The second-order valence-electron chi connectivity index (χ2n) is 5.70. The molecule has 0 spiro atoms. The molecule has 0 radical (unpaired) electrons. The summed E-state index contributed by atoms with van der Waals surface area (Å²) in [5.41, 5.74) is 0.691. The van der Waals surface area contributed by atoms with Gasteiger partial charge < -0.3 is 4.90 Å². The van der Waals surface area contributed by atoms with E-state index in [1.54, 1.807) is 23.1 Å². The number of rotatable bonds is 7. The number of carbonyl (C=O) groups is 1. The van der Waals surface area contributed by atoms with Crippen LogP contribution < -0.4 is 4.90 Å². The van der Waals surface area contributed by atoms with Crippen LogP contribution in [-0.2, 0) is 0 Å². The third-order valence-corrected chi connectivity index (χ3v) is 6.39. The number of likely N-dealkylation sites (N-methyl/N-ethyl adjacent to an activating group) is 1. The van der Waals surface area contributed by atoms with Crippen LogP contribution in [0.3, 0.4) is 0 Å². The van der Waals surface area contributed by atoms with Crippen molar-refractivity contribution in [3.8, 4) is 0 Å². The number of nitrogens with zero attached hydrogens (tertiary/aromatic N) is 3. The molecule has 0 aliphatic heterocycles. The highest BCUT2D eigenvalue weighted by atomic mass is 35.5. The van der Waals surface area contributed by atoms with Gasteiger partial charge in [0, 0.05) is 13.1 Å². The molecule has 1 amide bonds. The summed E-state index contributed by atoms with van der Waals surface area (Å²) < 4.78 is 14.8. The van der Waals surface area contributed by atoms with Gasteiger partial charge in [0.25, 0.3) is 5.91 Å². The SMILES string of the molecule is CCN(CC)CCN(C(=O)c1ccc(Cl)s1)c1nc2ccc(F)cc2s1. The number of hydrogen-bond donors (Lipinski definition) is 0. The van der Waals surface area contributed by atoms with Gasteiger partial charge >= 0.3 is 0 Å². The molecule has 8 heteroatoms. The summed E-state index contributed by atoms with van der Waals surface area (Å²) >= 11 is 8.57. The molecule has 3 aromatic rings. The Morgan fingerprint density at radius 1 is 1.15 bits per heavy atom. The molecule has 4 nitrogen and oxygen atoms in total. The quantitative estimate of drug-likeness (QED) is 0.540. The van der Waals surface area contributed by atoms with Crippen LogP contribution in [-0.4, -0.2) is 42.0 Å². The number of anilines is 1. The number of thiophene rings is 1. The number of halogens is 2. The van der Waals surface area contributed by atoms with Crippen LogP contribution in [0.4, 0.5) is 9.52 Å². The molecule has 26 heavy (non-hydrogen) atoms. The van der Waals surface area contributed by atoms with Crippen LogP contribution in [0.5, 0.6) is 0 Å².